The molecule has 0 saturated heterocycles. The van der Waals surface area contributed by atoms with Gasteiger partial charge in [-0.25, -0.2) is 8.78 Å². The largest absolute Gasteiger partial charge is 0.399 e. The number of hydrogen-bond acceptors (Lipinski definition) is 4. The van der Waals surface area contributed by atoms with Crippen molar-refractivity contribution in [3.63, 3.8) is 0 Å². The van der Waals surface area contributed by atoms with E-state index in [9.17, 15) is 8.78 Å². The van der Waals surface area contributed by atoms with Gasteiger partial charge in [-0.05, 0) is 56.7 Å². The van der Waals surface area contributed by atoms with Crippen LogP contribution in [0.5, 0.6) is 0 Å². The second-order valence-corrected chi connectivity index (χ2v) is 5.10. The van der Waals surface area contributed by atoms with Crippen molar-refractivity contribution >= 4 is 21.6 Å². The smallest absolute Gasteiger partial charge is 0.190 e. The Morgan fingerprint density at radius 1 is 1.10 bits per heavy atom. The normalized spacial score (nSPS) is 10.8. The van der Waals surface area contributed by atoms with Gasteiger partial charge in [-0.15, -0.1) is 5.10 Å². The van der Waals surface area contributed by atoms with E-state index >= 15 is 0 Å². The van der Waals surface area contributed by atoms with Crippen molar-refractivity contribution in [2.45, 2.75) is 0 Å². The van der Waals surface area contributed by atoms with Gasteiger partial charge >= 0.3 is 0 Å². The fourth-order valence-corrected chi connectivity index (χ4v) is 2.29. The number of hydrogen-bond donors (Lipinski definition) is 1. The zero-order chi connectivity index (χ0) is 15.0. The number of tetrazole rings is 1. The number of anilines is 1. The van der Waals surface area contributed by atoms with E-state index in [1.807, 2.05) is 0 Å². The molecule has 21 heavy (non-hydrogen) atoms. The van der Waals surface area contributed by atoms with Crippen molar-refractivity contribution in [2.24, 2.45) is 0 Å². The number of rotatable bonds is 2. The quantitative estimate of drug-likeness (QED) is 0.720. The molecule has 3 aromatic rings. The lowest BCUT2D eigenvalue weighted by atomic mass is 10.1. The van der Waals surface area contributed by atoms with Gasteiger partial charge in [0.2, 0.25) is 0 Å². The van der Waals surface area contributed by atoms with Crippen molar-refractivity contribution in [1.29, 1.82) is 0 Å². The van der Waals surface area contributed by atoms with Crippen LogP contribution in [-0.2, 0) is 0 Å². The van der Waals surface area contributed by atoms with Crippen LogP contribution in [0, 0.1) is 11.6 Å². The van der Waals surface area contributed by atoms with Gasteiger partial charge in [-0.3, -0.25) is 0 Å². The Labute approximate surface area is 126 Å². The molecular formula is C13H8BrF2N5. The molecule has 0 amide bonds. The molecule has 0 saturated carbocycles. The van der Waals surface area contributed by atoms with Crippen LogP contribution < -0.4 is 5.73 Å². The highest BCUT2D eigenvalue weighted by atomic mass is 79.9. The van der Waals surface area contributed by atoms with E-state index < -0.39 is 11.6 Å². The summed E-state index contributed by atoms with van der Waals surface area (Å²) in [7, 11) is 0. The predicted octanol–water partition coefficient (Wildman–Crippen LogP) is 2.95. The highest BCUT2D eigenvalue weighted by Gasteiger charge is 2.17. The number of nitrogens with two attached hydrogens (primary N) is 1. The van der Waals surface area contributed by atoms with Gasteiger partial charge in [0.1, 0.15) is 11.6 Å². The summed E-state index contributed by atoms with van der Waals surface area (Å²) >= 11 is 3.29. The summed E-state index contributed by atoms with van der Waals surface area (Å²) < 4.78 is 29.2. The van der Waals surface area contributed by atoms with Crippen LogP contribution >= 0.6 is 15.9 Å². The summed E-state index contributed by atoms with van der Waals surface area (Å²) in [4.78, 5) is 0. The molecule has 0 unspecified atom stereocenters. The van der Waals surface area contributed by atoms with E-state index in [1.54, 1.807) is 0 Å². The molecule has 0 bridgehead atoms. The minimum Gasteiger partial charge on any atom is -0.399 e. The molecule has 8 heteroatoms. The van der Waals surface area contributed by atoms with Crippen molar-refractivity contribution < 1.29 is 8.78 Å². The van der Waals surface area contributed by atoms with Gasteiger partial charge in [-0.2, -0.15) is 4.68 Å². The first-order chi connectivity index (χ1) is 10.1. The van der Waals surface area contributed by atoms with E-state index in [1.165, 1.54) is 41.1 Å². The van der Waals surface area contributed by atoms with Crippen molar-refractivity contribution in [3.8, 4) is 17.1 Å². The first kappa shape index (κ1) is 13.6. The Morgan fingerprint density at radius 2 is 1.90 bits per heavy atom. The number of aromatic nitrogens is 4. The van der Waals surface area contributed by atoms with Gasteiger partial charge in [0, 0.05) is 16.2 Å². The standard InChI is InChI=1S/C13H8BrF2N5/c14-10-3-1-7(15)5-12(10)21-13(18-19-20-21)9-6-8(17)2-4-11(9)16/h1-6H,17H2. The van der Waals surface area contributed by atoms with Gasteiger partial charge in [-0.1, -0.05) is 0 Å². The summed E-state index contributed by atoms with van der Waals surface area (Å²) in [6, 6.07) is 8.14. The molecule has 0 radical (unpaired) electrons. The SMILES string of the molecule is Nc1ccc(F)c(-c2nnnn2-c2cc(F)ccc2Br)c1. The minimum absolute atomic E-state index is 0.131. The van der Waals surface area contributed by atoms with E-state index in [0.29, 0.717) is 15.8 Å². The van der Waals surface area contributed by atoms with Crippen molar-refractivity contribution in [1.82, 2.24) is 20.2 Å². The van der Waals surface area contributed by atoms with Crippen LogP contribution in [0.15, 0.2) is 40.9 Å². The first-order valence-corrected chi connectivity index (χ1v) is 6.65. The predicted molar refractivity (Wildman–Crippen MR) is 76.6 cm³/mol. The second-order valence-electron chi connectivity index (χ2n) is 4.25. The van der Waals surface area contributed by atoms with Crippen LogP contribution in [0.2, 0.25) is 0 Å². The van der Waals surface area contributed by atoms with Gasteiger partial charge in [0.05, 0.1) is 11.3 Å². The van der Waals surface area contributed by atoms with Crippen LogP contribution in [0.25, 0.3) is 17.1 Å². The summed E-state index contributed by atoms with van der Waals surface area (Å²) in [6.45, 7) is 0. The van der Waals surface area contributed by atoms with Gasteiger partial charge in [0.15, 0.2) is 5.82 Å². The summed E-state index contributed by atoms with van der Waals surface area (Å²) in [5.41, 5.74) is 6.53. The van der Waals surface area contributed by atoms with Crippen LogP contribution in [-0.4, -0.2) is 20.2 Å². The Morgan fingerprint density at radius 3 is 2.71 bits per heavy atom. The molecule has 0 aliphatic carbocycles. The number of benzene rings is 2. The fourth-order valence-electron chi connectivity index (χ4n) is 1.88. The molecule has 2 aromatic carbocycles. The molecule has 1 aromatic heterocycles. The summed E-state index contributed by atoms with van der Waals surface area (Å²) in [6.07, 6.45) is 0. The molecule has 0 spiro atoms. The zero-order valence-corrected chi connectivity index (χ0v) is 12.1. The molecule has 0 aliphatic rings. The average molecular weight is 352 g/mol. The summed E-state index contributed by atoms with van der Waals surface area (Å²) in [5.74, 6) is -0.846. The third-order valence-corrected chi connectivity index (χ3v) is 3.51. The zero-order valence-electron chi connectivity index (χ0n) is 10.5. The third kappa shape index (κ3) is 2.49. The number of nitrogens with zero attached hydrogens (tertiary/aromatic N) is 4. The fraction of sp³-hybridized carbons (Fsp3) is 0. The maximum absolute atomic E-state index is 14.0. The Hall–Kier alpha value is -2.35. The average Bonchev–Trinajstić information content (AvgIpc) is 2.93. The van der Waals surface area contributed by atoms with Crippen molar-refractivity contribution in [2.75, 3.05) is 5.73 Å². The Balaban J connectivity index is 2.22. The monoisotopic (exact) mass is 351 g/mol. The lowest BCUT2D eigenvalue weighted by molar-refractivity contribution is 0.623. The van der Waals surface area contributed by atoms with E-state index in [4.69, 9.17) is 5.73 Å². The highest BCUT2D eigenvalue weighted by Crippen LogP contribution is 2.28. The van der Waals surface area contributed by atoms with Crippen molar-refractivity contribution in [3.05, 3.63) is 52.5 Å². The third-order valence-electron chi connectivity index (χ3n) is 2.84. The second kappa shape index (κ2) is 5.21. The number of halogens is 3. The molecular weight excluding hydrogens is 344 g/mol. The number of nitrogen functional groups attached to an aromatic ring is 1. The maximum Gasteiger partial charge on any atom is 0.190 e. The Bertz CT molecular complexity index is 752. The van der Waals surface area contributed by atoms with Crippen LogP contribution in [0.3, 0.4) is 0 Å². The van der Waals surface area contributed by atoms with E-state index in [2.05, 4.69) is 31.5 Å². The minimum atomic E-state index is -0.521. The molecule has 0 fully saturated rings. The molecule has 1 heterocycles. The van der Waals surface area contributed by atoms with Gasteiger partial charge in [0.25, 0.3) is 0 Å². The van der Waals surface area contributed by atoms with E-state index in [0.717, 1.165) is 0 Å². The van der Waals surface area contributed by atoms with Gasteiger partial charge < -0.3 is 5.73 Å². The first-order valence-electron chi connectivity index (χ1n) is 5.85. The van der Waals surface area contributed by atoms with E-state index in [-0.39, 0.29) is 11.4 Å². The van der Waals surface area contributed by atoms with Crippen LogP contribution in [0.1, 0.15) is 0 Å². The molecule has 0 atom stereocenters. The topological polar surface area (TPSA) is 69.6 Å². The lowest BCUT2D eigenvalue weighted by Gasteiger charge is -2.08. The van der Waals surface area contributed by atoms with Crippen LogP contribution in [0.4, 0.5) is 14.5 Å². The highest BCUT2D eigenvalue weighted by molar-refractivity contribution is 9.10. The summed E-state index contributed by atoms with van der Waals surface area (Å²) in [5, 5.41) is 11.1. The molecule has 3 rings (SSSR count). The molecule has 0 aliphatic heterocycles. The molecule has 5 nitrogen and oxygen atoms in total. The lowest BCUT2D eigenvalue weighted by Crippen LogP contribution is -2.03. The Kier molecular flexibility index (Phi) is 3.38. The maximum atomic E-state index is 14.0. The molecule has 2 N–H and O–H groups in total. The molecule has 106 valence electrons.